The van der Waals surface area contributed by atoms with Gasteiger partial charge in [0.2, 0.25) is 5.91 Å². The molecule has 4 heteroatoms. The molecule has 0 radical (unpaired) electrons. The van der Waals surface area contributed by atoms with Crippen LogP contribution in [0, 0.1) is 0 Å². The van der Waals surface area contributed by atoms with Gasteiger partial charge in [-0.2, -0.15) is 0 Å². The van der Waals surface area contributed by atoms with E-state index in [4.69, 9.17) is 5.73 Å². The molecule has 2 N–H and O–H groups in total. The number of hydrogen-bond acceptors (Lipinski definition) is 3. The van der Waals surface area contributed by atoms with Gasteiger partial charge in [0.15, 0.2) is 0 Å². The molecule has 0 spiro atoms. The summed E-state index contributed by atoms with van der Waals surface area (Å²) in [4.78, 5) is 12.8. The fourth-order valence-electron chi connectivity index (χ4n) is 2.34. The van der Waals surface area contributed by atoms with Crippen molar-refractivity contribution in [1.29, 1.82) is 0 Å². The lowest BCUT2D eigenvalue weighted by atomic mass is 10.1. The van der Waals surface area contributed by atoms with E-state index < -0.39 is 0 Å². The first-order valence-electron chi connectivity index (χ1n) is 6.08. The lowest BCUT2D eigenvalue weighted by Gasteiger charge is -2.07. The zero-order chi connectivity index (χ0) is 13.4. The van der Waals surface area contributed by atoms with Gasteiger partial charge in [0.05, 0.1) is 11.6 Å². The van der Waals surface area contributed by atoms with Crippen molar-refractivity contribution in [1.82, 2.24) is 4.57 Å². The third-order valence-corrected chi connectivity index (χ3v) is 4.22. The highest BCUT2D eigenvalue weighted by atomic mass is 32.1. The Labute approximate surface area is 115 Å². The molecule has 0 aliphatic rings. The summed E-state index contributed by atoms with van der Waals surface area (Å²) in [5, 5.41) is 3.05. The molecule has 3 rings (SSSR count). The maximum atomic E-state index is 11.7. The standard InChI is InChI=1S/C15H14N2OS/c1-10(18)17-9-12(11-5-2-3-6-13(11)17)15(16)14-7-4-8-19-14/h2-9,15H,16H2,1H3/t15-/m0/s1. The number of benzene rings is 1. The molecule has 0 bridgehead atoms. The highest BCUT2D eigenvalue weighted by Crippen LogP contribution is 2.31. The Morgan fingerprint density at radius 1 is 1.26 bits per heavy atom. The molecular formula is C15H14N2OS. The first-order valence-corrected chi connectivity index (χ1v) is 6.96. The Morgan fingerprint density at radius 3 is 2.74 bits per heavy atom. The van der Waals surface area contributed by atoms with E-state index in [-0.39, 0.29) is 11.9 Å². The van der Waals surface area contributed by atoms with E-state index >= 15 is 0 Å². The average Bonchev–Trinajstić information content (AvgIpc) is 3.05. The molecule has 0 saturated heterocycles. The highest BCUT2D eigenvalue weighted by Gasteiger charge is 2.17. The molecule has 0 saturated carbocycles. The molecule has 0 fully saturated rings. The SMILES string of the molecule is CC(=O)n1cc([C@H](N)c2cccs2)c2ccccc21. The van der Waals surface area contributed by atoms with Crippen LogP contribution in [-0.2, 0) is 0 Å². The summed E-state index contributed by atoms with van der Waals surface area (Å²) in [6, 6.07) is 11.7. The first-order chi connectivity index (χ1) is 9.18. The first kappa shape index (κ1) is 12.1. The van der Waals surface area contributed by atoms with E-state index in [2.05, 4.69) is 0 Å². The van der Waals surface area contributed by atoms with Crippen LogP contribution in [0.15, 0.2) is 48.0 Å². The van der Waals surface area contributed by atoms with E-state index in [0.29, 0.717) is 0 Å². The van der Waals surface area contributed by atoms with Gasteiger partial charge in [-0.15, -0.1) is 11.3 Å². The van der Waals surface area contributed by atoms with Gasteiger partial charge in [-0.1, -0.05) is 24.3 Å². The van der Waals surface area contributed by atoms with Crippen molar-refractivity contribution < 1.29 is 4.79 Å². The molecule has 2 aromatic heterocycles. The van der Waals surface area contributed by atoms with Crippen molar-refractivity contribution in [2.75, 3.05) is 0 Å². The number of rotatable bonds is 2. The number of para-hydroxylation sites is 1. The number of carbonyl (C=O) groups is 1. The van der Waals surface area contributed by atoms with Crippen molar-refractivity contribution in [2.45, 2.75) is 13.0 Å². The summed E-state index contributed by atoms with van der Waals surface area (Å²) in [6.07, 6.45) is 1.86. The van der Waals surface area contributed by atoms with Crippen molar-refractivity contribution in [3.8, 4) is 0 Å². The molecular weight excluding hydrogens is 256 g/mol. The summed E-state index contributed by atoms with van der Waals surface area (Å²) >= 11 is 1.63. The number of fused-ring (bicyclic) bond motifs is 1. The van der Waals surface area contributed by atoms with Crippen LogP contribution in [0.1, 0.15) is 28.2 Å². The topological polar surface area (TPSA) is 48.0 Å². The van der Waals surface area contributed by atoms with Gasteiger partial charge in [-0.05, 0) is 17.5 Å². The number of hydrogen-bond donors (Lipinski definition) is 1. The van der Waals surface area contributed by atoms with Crippen molar-refractivity contribution in [3.05, 3.63) is 58.4 Å². The Bertz CT molecular complexity index is 728. The summed E-state index contributed by atoms with van der Waals surface area (Å²) in [5.74, 6) is 0.000768. The van der Waals surface area contributed by atoms with E-state index in [1.54, 1.807) is 22.8 Å². The molecule has 1 aromatic carbocycles. The number of carbonyl (C=O) groups excluding carboxylic acids is 1. The minimum absolute atomic E-state index is 0.000768. The second-order valence-electron chi connectivity index (χ2n) is 4.48. The van der Waals surface area contributed by atoms with Gasteiger partial charge in [0.1, 0.15) is 0 Å². The molecule has 0 unspecified atom stereocenters. The van der Waals surface area contributed by atoms with Crippen molar-refractivity contribution in [2.24, 2.45) is 5.73 Å². The van der Waals surface area contributed by atoms with Gasteiger partial charge >= 0.3 is 0 Å². The van der Waals surface area contributed by atoms with Crippen molar-refractivity contribution in [3.63, 3.8) is 0 Å². The summed E-state index contributed by atoms with van der Waals surface area (Å²) in [7, 11) is 0. The molecule has 19 heavy (non-hydrogen) atoms. The quantitative estimate of drug-likeness (QED) is 0.775. The summed E-state index contributed by atoms with van der Waals surface area (Å²) < 4.78 is 1.66. The number of aromatic nitrogens is 1. The Kier molecular flexibility index (Phi) is 2.97. The van der Waals surface area contributed by atoms with E-state index in [1.807, 2.05) is 48.0 Å². The third kappa shape index (κ3) is 1.99. The maximum Gasteiger partial charge on any atom is 0.227 e. The lowest BCUT2D eigenvalue weighted by Crippen LogP contribution is -2.10. The highest BCUT2D eigenvalue weighted by molar-refractivity contribution is 7.10. The fourth-order valence-corrected chi connectivity index (χ4v) is 3.08. The maximum absolute atomic E-state index is 11.7. The molecule has 96 valence electrons. The minimum atomic E-state index is -0.189. The van der Waals surface area contributed by atoms with Crippen LogP contribution in [0.2, 0.25) is 0 Å². The Balaban J connectivity index is 2.21. The number of nitrogens with two attached hydrogens (primary N) is 1. The second-order valence-corrected chi connectivity index (χ2v) is 5.46. The molecule has 2 heterocycles. The molecule has 1 atom stereocenters. The van der Waals surface area contributed by atoms with Crippen LogP contribution >= 0.6 is 11.3 Å². The van der Waals surface area contributed by atoms with Crippen LogP contribution in [0.25, 0.3) is 10.9 Å². The normalized spacial score (nSPS) is 12.7. The molecule has 0 aliphatic carbocycles. The zero-order valence-corrected chi connectivity index (χ0v) is 11.4. The van der Waals surface area contributed by atoms with Gasteiger partial charge < -0.3 is 5.73 Å². The zero-order valence-electron chi connectivity index (χ0n) is 10.5. The minimum Gasteiger partial charge on any atom is -0.320 e. The molecule has 0 aliphatic heterocycles. The predicted molar refractivity (Wildman–Crippen MR) is 78.6 cm³/mol. The lowest BCUT2D eigenvalue weighted by molar-refractivity contribution is 0.0941. The Morgan fingerprint density at radius 2 is 2.05 bits per heavy atom. The van der Waals surface area contributed by atoms with Crippen LogP contribution in [0.4, 0.5) is 0 Å². The van der Waals surface area contributed by atoms with E-state index in [1.165, 1.54) is 0 Å². The van der Waals surface area contributed by atoms with E-state index in [9.17, 15) is 4.79 Å². The van der Waals surface area contributed by atoms with Crippen LogP contribution in [0.5, 0.6) is 0 Å². The van der Waals surface area contributed by atoms with Crippen LogP contribution < -0.4 is 5.73 Å². The fraction of sp³-hybridized carbons (Fsp3) is 0.133. The number of thiophene rings is 1. The number of nitrogens with zero attached hydrogens (tertiary/aromatic N) is 1. The molecule has 3 aromatic rings. The second kappa shape index (κ2) is 4.64. The van der Waals surface area contributed by atoms with Crippen LogP contribution in [0.3, 0.4) is 0 Å². The van der Waals surface area contributed by atoms with Gasteiger partial charge in [0, 0.05) is 28.9 Å². The largest absolute Gasteiger partial charge is 0.320 e. The average molecular weight is 270 g/mol. The third-order valence-electron chi connectivity index (χ3n) is 3.27. The van der Waals surface area contributed by atoms with E-state index in [0.717, 1.165) is 21.3 Å². The predicted octanol–water partition coefficient (Wildman–Crippen LogP) is 3.41. The monoisotopic (exact) mass is 270 g/mol. The van der Waals surface area contributed by atoms with Gasteiger partial charge in [-0.25, -0.2) is 0 Å². The molecule has 0 amide bonds. The van der Waals surface area contributed by atoms with Gasteiger partial charge in [0.25, 0.3) is 0 Å². The van der Waals surface area contributed by atoms with Crippen molar-refractivity contribution >= 4 is 28.1 Å². The smallest absolute Gasteiger partial charge is 0.227 e. The molecule has 3 nitrogen and oxygen atoms in total. The van der Waals surface area contributed by atoms with Crippen LogP contribution in [-0.4, -0.2) is 10.5 Å². The Hall–Kier alpha value is -1.91. The van der Waals surface area contributed by atoms with Gasteiger partial charge in [-0.3, -0.25) is 9.36 Å². The summed E-state index contributed by atoms with van der Waals surface area (Å²) in [5.41, 5.74) is 8.23. The summed E-state index contributed by atoms with van der Waals surface area (Å²) in [6.45, 7) is 1.56.